The Labute approximate surface area is 433 Å². The molecule has 68 heavy (non-hydrogen) atoms. The van der Waals surface area contributed by atoms with Gasteiger partial charge in [0.25, 0.3) is 5.91 Å². The van der Waals surface area contributed by atoms with E-state index in [1.54, 1.807) is 65.6 Å². The smallest absolute Gasteiger partial charge is 0.251 e. The zero-order chi connectivity index (χ0) is 48.7. The molecule has 12 nitrogen and oxygen atoms in total. The minimum Gasteiger partial charge on any atom is -0.351 e. The lowest BCUT2D eigenvalue weighted by atomic mass is 10.1. The molecule has 3 aliphatic rings. The van der Waals surface area contributed by atoms with E-state index < -0.39 is 6.04 Å². The van der Waals surface area contributed by atoms with Gasteiger partial charge in [-0.2, -0.15) is 0 Å². The number of likely N-dealkylation sites (tertiary alicyclic amines) is 1. The maximum Gasteiger partial charge on any atom is 0.251 e. The number of halogens is 7. The van der Waals surface area contributed by atoms with Crippen molar-refractivity contribution in [2.45, 2.75) is 69.4 Å². The Bertz CT molecular complexity index is 2360. The summed E-state index contributed by atoms with van der Waals surface area (Å²) in [5.41, 5.74) is 8.91. The number of rotatable bonds is 14. The van der Waals surface area contributed by atoms with E-state index in [0.29, 0.717) is 99.4 Å². The third-order valence-electron chi connectivity index (χ3n) is 11.8. The summed E-state index contributed by atoms with van der Waals surface area (Å²) in [4.78, 5) is 57.4. The fourth-order valence-corrected chi connectivity index (χ4v) is 9.89. The summed E-state index contributed by atoms with van der Waals surface area (Å²) >= 11 is 42.5. The van der Waals surface area contributed by atoms with Crippen molar-refractivity contribution in [2.75, 3.05) is 52.4 Å². The summed E-state index contributed by atoms with van der Waals surface area (Å²) in [5, 5.41) is 16.2. The van der Waals surface area contributed by atoms with E-state index in [1.807, 2.05) is 29.2 Å². The molecule has 19 heteroatoms. The summed E-state index contributed by atoms with van der Waals surface area (Å²) in [6.45, 7) is 5.45. The second-order valence-corrected chi connectivity index (χ2v) is 20.0. The van der Waals surface area contributed by atoms with Crippen LogP contribution in [0.15, 0.2) is 84.9 Å². The lowest BCUT2D eigenvalue weighted by Crippen LogP contribution is -2.54. The van der Waals surface area contributed by atoms with Crippen LogP contribution in [0.2, 0.25) is 35.2 Å². The molecular formula is C49H55Cl7N8O4. The van der Waals surface area contributed by atoms with Crippen LogP contribution in [0.5, 0.6) is 0 Å². The Balaban J connectivity index is 0.000000226. The fraction of sp³-hybridized carbons (Fsp3) is 0.388. The van der Waals surface area contributed by atoms with E-state index in [0.717, 1.165) is 42.6 Å². The van der Waals surface area contributed by atoms with Gasteiger partial charge in [0.15, 0.2) is 0 Å². The monoisotopic (exact) mass is 1060 g/mol. The van der Waals surface area contributed by atoms with E-state index in [1.165, 1.54) is 12.5 Å². The highest BCUT2D eigenvalue weighted by Crippen LogP contribution is 2.25. The molecule has 0 aromatic heterocycles. The van der Waals surface area contributed by atoms with Crippen LogP contribution in [-0.4, -0.2) is 115 Å². The molecule has 4 atom stereocenters. The van der Waals surface area contributed by atoms with Crippen molar-refractivity contribution in [3.63, 3.8) is 0 Å². The van der Waals surface area contributed by atoms with Gasteiger partial charge in [0, 0.05) is 101 Å². The van der Waals surface area contributed by atoms with Crippen molar-refractivity contribution >= 4 is 111 Å². The number of hydrogen-bond acceptors (Lipinski definition) is 8. The number of carbonyl (C=O) groups excluding carboxylic acids is 4. The number of carbonyl (C=O) groups is 4. The van der Waals surface area contributed by atoms with Crippen LogP contribution in [0.25, 0.3) is 6.08 Å². The van der Waals surface area contributed by atoms with Gasteiger partial charge in [0.2, 0.25) is 17.7 Å². The van der Waals surface area contributed by atoms with Gasteiger partial charge in [0.1, 0.15) is 0 Å². The van der Waals surface area contributed by atoms with E-state index in [2.05, 4.69) is 26.2 Å². The number of hydrogen-bond donors (Lipinski definition) is 5. The standard InChI is InChI=1S/C26H30Cl4N4O2.C23H25Cl3N4O2/c27-19-10-17(11-20(28)13-19)15-34-9-6-21(14-31-25(35)18-4-5-22(29)23(30)12-18)32-24(26(34)36)16-33-7-2-1-3-8-33;24-17-4-1-15(2-5-17)3-6-22(31)28-13-20-7-8-30(23(32)21(12-27)29-20)14-16-9-18(25)11-19(26)10-16/h4-5,10-13,21,24,32H,1-3,6-9,14-16H2,(H,31,35);1-6,9-11,20-21,29H,7-8,12-14,27H2,(H,28,31)/t21-,24-;20-,21-/m00/s1. The fourth-order valence-electron chi connectivity index (χ4n) is 8.33. The Kier molecular flexibility index (Phi) is 21.0. The van der Waals surface area contributed by atoms with Crippen LogP contribution in [0, 0.1) is 0 Å². The van der Waals surface area contributed by atoms with Crippen molar-refractivity contribution in [3.05, 3.63) is 142 Å². The molecule has 4 amide bonds. The van der Waals surface area contributed by atoms with E-state index in [4.69, 9.17) is 86.9 Å². The van der Waals surface area contributed by atoms with Gasteiger partial charge in [-0.15, -0.1) is 0 Å². The first-order valence-corrected chi connectivity index (χ1v) is 25.1. The number of nitrogens with one attached hydrogen (secondary N) is 4. The van der Waals surface area contributed by atoms with Crippen molar-refractivity contribution in [1.29, 1.82) is 0 Å². The SMILES string of the molecule is NC[C@@H]1N[C@H](CNC(=O)C=Cc2ccc(Cl)cc2)CCN(Cc2cc(Cl)cc(Cl)c2)C1=O.O=C(NC[C@@H]1CCN(Cc2cc(Cl)cc(Cl)c2)C(=O)[C@H](CN2CCCCC2)N1)c1ccc(Cl)c(Cl)c1. The maximum absolute atomic E-state index is 13.6. The molecule has 6 N–H and O–H groups in total. The summed E-state index contributed by atoms with van der Waals surface area (Å²) in [6, 6.07) is 21.6. The van der Waals surface area contributed by atoms with Crippen LogP contribution < -0.4 is 27.0 Å². The lowest BCUT2D eigenvalue weighted by molar-refractivity contribution is -0.134. The van der Waals surface area contributed by atoms with E-state index in [9.17, 15) is 19.2 Å². The quantitative estimate of drug-likeness (QED) is 0.0787. The van der Waals surface area contributed by atoms with Crippen molar-refractivity contribution in [3.8, 4) is 0 Å². The summed E-state index contributed by atoms with van der Waals surface area (Å²) in [5.74, 6) is -0.481. The summed E-state index contributed by atoms with van der Waals surface area (Å²) in [7, 11) is 0. The average Bonchev–Trinajstić information content (AvgIpc) is 3.54. The largest absolute Gasteiger partial charge is 0.351 e. The third kappa shape index (κ3) is 16.8. The predicted octanol–water partition coefficient (Wildman–Crippen LogP) is 8.77. The molecule has 4 aromatic carbocycles. The topological polar surface area (TPSA) is 152 Å². The number of nitrogens with zero attached hydrogens (tertiary/aromatic N) is 3. The number of benzene rings is 4. The molecule has 7 rings (SSSR count). The van der Waals surface area contributed by atoms with Crippen LogP contribution >= 0.6 is 81.2 Å². The van der Waals surface area contributed by atoms with Gasteiger partial charge >= 0.3 is 0 Å². The molecule has 0 spiro atoms. The molecule has 4 aromatic rings. The van der Waals surface area contributed by atoms with Crippen LogP contribution in [-0.2, 0) is 27.5 Å². The van der Waals surface area contributed by atoms with Crippen molar-refractivity contribution < 1.29 is 19.2 Å². The number of amides is 4. The van der Waals surface area contributed by atoms with Gasteiger partial charge in [-0.3, -0.25) is 19.2 Å². The molecule has 0 bridgehead atoms. The first-order valence-electron chi connectivity index (χ1n) is 22.5. The molecular weight excluding hydrogens is 1010 g/mol. The van der Waals surface area contributed by atoms with Crippen LogP contribution in [0.3, 0.4) is 0 Å². The van der Waals surface area contributed by atoms with Crippen molar-refractivity contribution in [1.82, 2.24) is 36.0 Å². The first kappa shape index (κ1) is 53.7. The zero-order valence-corrected chi connectivity index (χ0v) is 42.6. The molecule has 0 unspecified atom stereocenters. The van der Waals surface area contributed by atoms with E-state index >= 15 is 0 Å². The normalized spacial score (nSPS) is 20.4. The minimum absolute atomic E-state index is 0.0509. The number of piperidine rings is 1. The molecule has 0 aliphatic carbocycles. The third-order valence-corrected chi connectivity index (χ3v) is 13.7. The zero-order valence-electron chi connectivity index (χ0n) is 37.3. The Morgan fingerprint density at radius 3 is 1.69 bits per heavy atom. The highest BCUT2D eigenvalue weighted by molar-refractivity contribution is 6.42. The second kappa shape index (κ2) is 26.5. The summed E-state index contributed by atoms with van der Waals surface area (Å²) < 4.78 is 0. The van der Waals surface area contributed by atoms with E-state index in [-0.39, 0.29) is 48.3 Å². The van der Waals surface area contributed by atoms with Gasteiger partial charge in [-0.05, 0) is 128 Å². The first-order chi connectivity index (χ1) is 32.6. The molecule has 364 valence electrons. The Morgan fingerprint density at radius 1 is 0.618 bits per heavy atom. The van der Waals surface area contributed by atoms with Crippen LogP contribution in [0.4, 0.5) is 0 Å². The maximum atomic E-state index is 13.6. The highest BCUT2D eigenvalue weighted by atomic mass is 35.5. The summed E-state index contributed by atoms with van der Waals surface area (Å²) in [6.07, 6.45) is 8.07. The lowest BCUT2D eigenvalue weighted by Gasteiger charge is -2.32. The van der Waals surface area contributed by atoms with Gasteiger partial charge in [-0.1, -0.05) is 99.8 Å². The predicted molar refractivity (Wildman–Crippen MR) is 276 cm³/mol. The molecule has 3 saturated heterocycles. The van der Waals surface area contributed by atoms with Crippen molar-refractivity contribution in [2.24, 2.45) is 5.73 Å². The number of nitrogens with two attached hydrogens (primary N) is 1. The molecule has 3 aliphatic heterocycles. The van der Waals surface area contributed by atoms with Crippen LogP contribution in [0.1, 0.15) is 59.2 Å². The van der Waals surface area contributed by atoms with Gasteiger partial charge in [-0.25, -0.2) is 0 Å². The Hall–Kier alpha value is -3.63. The molecule has 0 radical (unpaired) electrons. The Morgan fingerprint density at radius 2 is 1.15 bits per heavy atom. The van der Waals surface area contributed by atoms with Gasteiger partial charge in [0.05, 0.1) is 22.1 Å². The molecule has 3 heterocycles. The average molecular weight is 1070 g/mol. The highest BCUT2D eigenvalue weighted by Gasteiger charge is 2.33. The molecule has 0 saturated carbocycles. The second-order valence-electron chi connectivity index (χ2n) is 17.1. The van der Waals surface area contributed by atoms with Gasteiger partial charge < -0.3 is 41.7 Å². The minimum atomic E-state index is -0.529. The molecule has 3 fully saturated rings.